The van der Waals surface area contributed by atoms with E-state index < -0.39 is 11.6 Å². The smallest absolute Gasteiger partial charge is 0.254 e. The Bertz CT molecular complexity index is 1240. The summed E-state index contributed by atoms with van der Waals surface area (Å²) < 4.78 is 30.7. The second-order valence-electron chi connectivity index (χ2n) is 7.38. The Hall–Kier alpha value is -3.74. The third-order valence-electron chi connectivity index (χ3n) is 5.31. The van der Waals surface area contributed by atoms with Crippen LogP contribution in [0.1, 0.15) is 27.2 Å². The molecule has 0 spiro atoms. The van der Waals surface area contributed by atoms with E-state index >= 15 is 0 Å². The van der Waals surface area contributed by atoms with Crippen molar-refractivity contribution in [3.05, 3.63) is 101 Å². The molecule has 0 bridgehead atoms. The number of rotatable bonds is 3. The molecule has 3 heterocycles. The first-order valence-corrected chi connectivity index (χ1v) is 9.57. The van der Waals surface area contributed by atoms with Gasteiger partial charge < -0.3 is 9.47 Å². The van der Waals surface area contributed by atoms with Gasteiger partial charge in [0.25, 0.3) is 5.91 Å². The number of halogens is 2. The molecule has 1 aliphatic rings. The van der Waals surface area contributed by atoms with Crippen LogP contribution in [0.15, 0.2) is 67.0 Å². The van der Waals surface area contributed by atoms with Gasteiger partial charge in [0.1, 0.15) is 5.82 Å². The van der Waals surface area contributed by atoms with Gasteiger partial charge in [-0.2, -0.15) is 5.10 Å². The molecule has 0 saturated carbocycles. The number of hydrogen-bond donors (Lipinski definition) is 0. The predicted octanol–water partition coefficient (Wildman–Crippen LogP) is 4.41. The third-order valence-corrected chi connectivity index (χ3v) is 5.31. The zero-order chi connectivity index (χ0) is 20.8. The monoisotopic (exact) mass is 404 g/mol. The first-order chi connectivity index (χ1) is 14.5. The number of nitrogens with zero attached hydrogens (tertiary/aromatic N) is 4. The fourth-order valence-electron chi connectivity index (χ4n) is 3.76. The first kappa shape index (κ1) is 18.3. The van der Waals surface area contributed by atoms with Crippen LogP contribution >= 0.6 is 0 Å². The second kappa shape index (κ2) is 6.95. The average molecular weight is 404 g/mol. The zero-order valence-corrected chi connectivity index (χ0v) is 16.2. The summed E-state index contributed by atoms with van der Waals surface area (Å²) in [7, 11) is 0. The minimum Gasteiger partial charge on any atom is -0.328 e. The molecule has 5 nitrogen and oxygen atoms in total. The molecule has 150 valence electrons. The number of carbonyl (C=O) groups excluding carboxylic acids is 1. The van der Waals surface area contributed by atoms with E-state index in [1.54, 1.807) is 4.90 Å². The largest absolute Gasteiger partial charge is 0.328 e. The quantitative estimate of drug-likeness (QED) is 0.508. The van der Waals surface area contributed by atoms with Crippen molar-refractivity contribution in [3.63, 3.8) is 0 Å². The second-order valence-corrected chi connectivity index (χ2v) is 7.38. The van der Waals surface area contributed by atoms with Crippen LogP contribution < -0.4 is 0 Å². The number of amides is 1. The first-order valence-electron chi connectivity index (χ1n) is 9.57. The van der Waals surface area contributed by atoms with E-state index in [0.29, 0.717) is 13.1 Å². The Morgan fingerprint density at radius 3 is 2.40 bits per heavy atom. The highest BCUT2D eigenvalue weighted by Crippen LogP contribution is 2.31. The van der Waals surface area contributed by atoms with Crippen LogP contribution in [-0.2, 0) is 13.1 Å². The lowest BCUT2D eigenvalue weighted by atomic mass is 10.2. The van der Waals surface area contributed by atoms with E-state index in [-0.39, 0.29) is 11.5 Å². The summed E-state index contributed by atoms with van der Waals surface area (Å²) in [5.74, 6) is -1.50. The van der Waals surface area contributed by atoms with Crippen LogP contribution in [-0.4, -0.2) is 25.2 Å². The molecular formula is C23H18F2N4O. The van der Waals surface area contributed by atoms with Crippen LogP contribution in [0.5, 0.6) is 0 Å². The molecule has 0 fully saturated rings. The van der Waals surface area contributed by atoms with Gasteiger partial charge in [-0.1, -0.05) is 17.7 Å². The van der Waals surface area contributed by atoms with Crippen molar-refractivity contribution < 1.29 is 13.6 Å². The highest BCUT2D eigenvalue weighted by molar-refractivity contribution is 5.94. The number of aromatic nitrogens is 3. The fraction of sp³-hybridized carbons (Fsp3) is 0.130. The maximum atomic E-state index is 13.6. The Kier molecular flexibility index (Phi) is 4.24. The molecule has 0 aliphatic carbocycles. The Labute approximate surface area is 171 Å². The standard InChI is InChI=1S/C23H18F2N4O/c1-15-4-7-17(8-5-15)29-22(27-10-2-3-11-27)18-13-28(14-21(18)26-29)23(30)16-6-9-19(24)20(25)12-16/h2-12H,13-14H2,1H3. The summed E-state index contributed by atoms with van der Waals surface area (Å²) in [6.45, 7) is 2.67. The van der Waals surface area contributed by atoms with Crippen molar-refractivity contribution in [2.75, 3.05) is 0 Å². The van der Waals surface area contributed by atoms with Gasteiger partial charge in [-0.05, 0) is 49.4 Å². The highest BCUT2D eigenvalue weighted by atomic mass is 19.2. The van der Waals surface area contributed by atoms with Gasteiger partial charge >= 0.3 is 0 Å². The van der Waals surface area contributed by atoms with Gasteiger partial charge in [-0.25, -0.2) is 13.5 Å². The summed E-state index contributed by atoms with van der Waals surface area (Å²) in [6, 6.07) is 15.1. The van der Waals surface area contributed by atoms with Crippen molar-refractivity contribution in [1.29, 1.82) is 0 Å². The average Bonchev–Trinajstić information content (AvgIpc) is 3.46. The predicted molar refractivity (Wildman–Crippen MR) is 108 cm³/mol. The van der Waals surface area contributed by atoms with Gasteiger partial charge in [-0.15, -0.1) is 0 Å². The molecule has 0 N–H and O–H groups in total. The van der Waals surface area contributed by atoms with Gasteiger partial charge in [0, 0.05) is 23.5 Å². The molecule has 7 heteroatoms. The molecule has 2 aromatic heterocycles. The lowest BCUT2D eigenvalue weighted by Gasteiger charge is -2.18. The van der Waals surface area contributed by atoms with Crippen LogP contribution in [0.4, 0.5) is 8.78 Å². The topological polar surface area (TPSA) is 43.1 Å². The van der Waals surface area contributed by atoms with Gasteiger partial charge in [-0.3, -0.25) is 4.79 Å². The van der Waals surface area contributed by atoms with Gasteiger partial charge in [0.2, 0.25) is 0 Å². The number of fused-ring (bicyclic) bond motifs is 1. The summed E-state index contributed by atoms with van der Waals surface area (Å²) in [4.78, 5) is 14.5. The van der Waals surface area contributed by atoms with Crippen molar-refractivity contribution in [1.82, 2.24) is 19.2 Å². The van der Waals surface area contributed by atoms with E-state index in [1.807, 2.05) is 65.0 Å². The summed E-state index contributed by atoms with van der Waals surface area (Å²) in [5.41, 5.74) is 3.92. The molecule has 1 amide bonds. The molecule has 2 aromatic carbocycles. The zero-order valence-electron chi connectivity index (χ0n) is 16.2. The van der Waals surface area contributed by atoms with E-state index in [1.165, 1.54) is 6.07 Å². The number of aryl methyl sites for hydroxylation is 1. The Balaban J connectivity index is 1.53. The molecule has 30 heavy (non-hydrogen) atoms. The molecule has 0 unspecified atom stereocenters. The van der Waals surface area contributed by atoms with E-state index in [2.05, 4.69) is 0 Å². The lowest BCUT2D eigenvalue weighted by Crippen LogP contribution is -2.26. The fourth-order valence-corrected chi connectivity index (χ4v) is 3.76. The maximum absolute atomic E-state index is 13.6. The van der Waals surface area contributed by atoms with E-state index in [9.17, 15) is 13.6 Å². The molecule has 0 radical (unpaired) electrons. The minimum absolute atomic E-state index is 0.118. The maximum Gasteiger partial charge on any atom is 0.254 e. The Morgan fingerprint density at radius 1 is 0.967 bits per heavy atom. The Morgan fingerprint density at radius 2 is 1.70 bits per heavy atom. The van der Waals surface area contributed by atoms with Gasteiger partial charge in [0.05, 0.1) is 24.5 Å². The van der Waals surface area contributed by atoms with E-state index in [4.69, 9.17) is 5.10 Å². The number of carbonyl (C=O) groups is 1. The normalized spacial score (nSPS) is 13.0. The van der Waals surface area contributed by atoms with Crippen molar-refractivity contribution in [2.24, 2.45) is 0 Å². The molecule has 1 aliphatic heterocycles. The molecule has 0 atom stereocenters. The summed E-state index contributed by atoms with van der Waals surface area (Å²) >= 11 is 0. The summed E-state index contributed by atoms with van der Waals surface area (Å²) in [5, 5.41) is 4.77. The SMILES string of the molecule is Cc1ccc(-n2nc3c(c2-n2cccc2)CN(C(=O)c2ccc(F)c(F)c2)C3)cc1. The third kappa shape index (κ3) is 2.99. The summed E-state index contributed by atoms with van der Waals surface area (Å²) in [6.07, 6.45) is 3.86. The highest BCUT2D eigenvalue weighted by Gasteiger charge is 2.32. The molecular weight excluding hydrogens is 386 g/mol. The number of hydrogen-bond acceptors (Lipinski definition) is 2. The minimum atomic E-state index is -1.03. The van der Waals surface area contributed by atoms with Crippen LogP contribution in [0.2, 0.25) is 0 Å². The van der Waals surface area contributed by atoms with Crippen LogP contribution in [0.25, 0.3) is 11.5 Å². The van der Waals surface area contributed by atoms with Crippen molar-refractivity contribution >= 4 is 5.91 Å². The van der Waals surface area contributed by atoms with Crippen molar-refractivity contribution in [3.8, 4) is 11.5 Å². The number of benzene rings is 2. The van der Waals surface area contributed by atoms with Gasteiger partial charge in [0.15, 0.2) is 11.6 Å². The van der Waals surface area contributed by atoms with Crippen LogP contribution in [0, 0.1) is 18.6 Å². The lowest BCUT2D eigenvalue weighted by molar-refractivity contribution is 0.0748. The van der Waals surface area contributed by atoms with Crippen molar-refractivity contribution in [2.45, 2.75) is 20.0 Å². The van der Waals surface area contributed by atoms with Crippen LogP contribution in [0.3, 0.4) is 0 Å². The molecule has 4 aromatic rings. The molecule has 5 rings (SSSR count). The van der Waals surface area contributed by atoms with E-state index in [0.717, 1.165) is 40.5 Å². The molecule has 0 saturated heterocycles.